The average molecular weight is 549 g/mol. The second-order valence-electron chi connectivity index (χ2n) is 7.78. The van der Waals surface area contributed by atoms with Gasteiger partial charge in [0.15, 0.2) is 5.82 Å². The van der Waals surface area contributed by atoms with Crippen LogP contribution in [0, 0.1) is 17.6 Å². The Morgan fingerprint density at radius 3 is 2.40 bits per heavy atom. The Bertz CT molecular complexity index is 1160. The number of anilines is 3. The molecule has 0 aliphatic heterocycles. The Kier molecular flexibility index (Phi) is 8.58. The molecule has 0 aromatic heterocycles. The van der Waals surface area contributed by atoms with Gasteiger partial charge < -0.3 is 20.7 Å². The van der Waals surface area contributed by atoms with Crippen LogP contribution in [0.1, 0.15) is 37.0 Å². The SMILES string of the molecule is CCOC(CC)C(=O)Nc1c(F)ccc(NC(=O)c2cc(NC(=O)C3CC3(Cl)Cl)ccc2Cl)c1F. The minimum Gasteiger partial charge on any atom is -0.369 e. The zero-order chi connectivity index (χ0) is 25.9. The van der Waals surface area contributed by atoms with Crippen molar-refractivity contribution in [2.45, 2.75) is 37.1 Å². The molecule has 0 heterocycles. The van der Waals surface area contributed by atoms with E-state index in [1.165, 1.54) is 18.2 Å². The van der Waals surface area contributed by atoms with E-state index in [2.05, 4.69) is 16.0 Å². The first-order valence-electron chi connectivity index (χ1n) is 10.7. The summed E-state index contributed by atoms with van der Waals surface area (Å²) in [6.07, 6.45) is -0.301. The summed E-state index contributed by atoms with van der Waals surface area (Å²) >= 11 is 17.9. The molecule has 35 heavy (non-hydrogen) atoms. The highest BCUT2D eigenvalue weighted by atomic mass is 35.5. The second-order valence-corrected chi connectivity index (χ2v) is 9.73. The number of hydrogen-bond donors (Lipinski definition) is 3. The van der Waals surface area contributed by atoms with Crippen molar-refractivity contribution >= 4 is 69.6 Å². The molecule has 1 aliphatic rings. The number of hydrogen-bond acceptors (Lipinski definition) is 4. The van der Waals surface area contributed by atoms with E-state index in [0.717, 1.165) is 12.1 Å². The van der Waals surface area contributed by atoms with Gasteiger partial charge in [-0.2, -0.15) is 0 Å². The highest BCUT2D eigenvalue weighted by Crippen LogP contribution is 2.53. The molecular weight excluding hydrogens is 527 g/mol. The average Bonchev–Trinajstić information content (AvgIpc) is 3.46. The Balaban J connectivity index is 1.78. The molecule has 3 rings (SSSR count). The van der Waals surface area contributed by atoms with Crippen LogP contribution in [0.15, 0.2) is 30.3 Å². The highest BCUT2D eigenvalue weighted by Gasteiger charge is 2.56. The number of nitrogens with one attached hydrogen (secondary N) is 3. The van der Waals surface area contributed by atoms with Gasteiger partial charge >= 0.3 is 0 Å². The number of carbonyl (C=O) groups is 3. The molecule has 0 spiro atoms. The molecule has 188 valence electrons. The van der Waals surface area contributed by atoms with Gasteiger partial charge in [0.1, 0.15) is 21.9 Å². The van der Waals surface area contributed by atoms with Crippen LogP contribution < -0.4 is 16.0 Å². The summed E-state index contributed by atoms with van der Waals surface area (Å²) in [5, 5.41) is 7.09. The fourth-order valence-electron chi connectivity index (χ4n) is 3.24. The van der Waals surface area contributed by atoms with Crippen molar-refractivity contribution in [3.63, 3.8) is 0 Å². The lowest BCUT2D eigenvalue weighted by atomic mass is 10.1. The number of halogens is 5. The first-order chi connectivity index (χ1) is 16.5. The molecule has 0 bridgehead atoms. The predicted octanol–water partition coefficient (Wildman–Crippen LogP) is 5.76. The minimum atomic E-state index is -1.19. The number of benzene rings is 2. The number of amides is 3. The van der Waals surface area contributed by atoms with E-state index in [4.69, 9.17) is 39.5 Å². The molecule has 1 aliphatic carbocycles. The van der Waals surface area contributed by atoms with E-state index < -0.39 is 57.1 Å². The number of rotatable bonds is 9. The van der Waals surface area contributed by atoms with E-state index in [0.29, 0.717) is 12.8 Å². The molecule has 7 nitrogen and oxygen atoms in total. The maximum Gasteiger partial charge on any atom is 0.257 e. The Morgan fingerprint density at radius 1 is 1.11 bits per heavy atom. The van der Waals surface area contributed by atoms with Crippen LogP contribution in [-0.4, -0.2) is 34.8 Å². The fraction of sp³-hybridized carbons (Fsp3) is 0.348. The van der Waals surface area contributed by atoms with E-state index >= 15 is 4.39 Å². The molecule has 2 atom stereocenters. The van der Waals surface area contributed by atoms with Gasteiger partial charge in [0, 0.05) is 12.3 Å². The third-order valence-electron chi connectivity index (χ3n) is 5.24. The highest BCUT2D eigenvalue weighted by molar-refractivity contribution is 6.52. The van der Waals surface area contributed by atoms with Crippen LogP contribution in [0.4, 0.5) is 25.8 Å². The van der Waals surface area contributed by atoms with Crippen LogP contribution in [0.2, 0.25) is 5.02 Å². The Hall–Kier alpha value is -2.46. The summed E-state index contributed by atoms with van der Waals surface area (Å²) in [6, 6.07) is 6.04. The van der Waals surface area contributed by atoms with Crippen molar-refractivity contribution in [3.05, 3.63) is 52.6 Å². The zero-order valence-electron chi connectivity index (χ0n) is 18.7. The zero-order valence-corrected chi connectivity index (χ0v) is 21.0. The standard InChI is InChI=1S/C23H22Cl3F2N3O4/c1-3-17(35-4-2)22(34)31-19-15(27)7-8-16(18(19)28)30-20(32)12-9-11(5-6-14(12)24)29-21(33)13-10-23(13,25)26/h5-9,13,17H,3-4,10H2,1-2H3,(H,29,33)(H,30,32)(H,31,34). The van der Waals surface area contributed by atoms with Gasteiger partial charge in [0.25, 0.3) is 11.8 Å². The fourth-order valence-corrected chi connectivity index (χ4v) is 3.95. The van der Waals surface area contributed by atoms with Crippen molar-refractivity contribution in [1.29, 1.82) is 0 Å². The predicted molar refractivity (Wildman–Crippen MR) is 131 cm³/mol. The maximum absolute atomic E-state index is 15.0. The molecule has 2 aromatic rings. The van der Waals surface area contributed by atoms with Crippen LogP contribution >= 0.6 is 34.8 Å². The molecule has 0 saturated heterocycles. The first-order valence-corrected chi connectivity index (χ1v) is 11.8. The van der Waals surface area contributed by atoms with Gasteiger partial charge in [-0.25, -0.2) is 8.78 Å². The lowest BCUT2D eigenvalue weighted by Gasteiger charge is -2.17. The summed E-state index contributed by atoms with van der Waals surface area (Å²) in [7, 11) is 0. The topological polar surface area (TPSA) is 96.5 Å². The molecule has 2 aromatic carbocycles. The quantitative estimate of drug-likeness (QED) is 0.347. The van der Waals surface area contributed by atoms with Gasteiger partial charge in [-0.15, -0.1) is 23.2 Å². The normalized spacial score (nSPS) is 16.8. The smallest absolute Gasteiger partial charge is 0.257 e. The minimum absolute atomic E-state index is 0.0227. The number of ether oxygens (including phenoxy) is 1. The molecule has 2 unspecified atom stereocenters. The molecular formula is C23H22Cl3F2N3O4. The lowest BCUT2D eigenvalue weighted by molar-refractivity contribution is -0.127. The van der Waals surface area contributed by atoms with Gasteiger partial charge in [0.05, 0.1) is 22.2 Å². The third-order valence-corrected chi connectivity index (χ3v) is 6.40. The van der Waals surface area contributed by atoms with Gasteiger partial charge in [0.2, 0.25) is 5.91 Å². The third kappa shape index (κ3) is 6.41. The lowest BCUT2D eigenvalue weighted by Crippen LogP contribution is -2.30. The second kappa shape index (κ2) is 11.1. The maximum atomic E-state index is 15.0. The Labute approximate surface area is 215 Å². The van der Waals surface area contributed by atoms with Gasteiger partial charge in [-0.3, -0.25) is 14.4 Å². The molecule has 1 saturated carbocycles. The molecule has 0 radical (unpaired) electrons. The number of alkyl halides is 2. The van der Waals surface area contributed by atoms with Crippen LogP contribution in [0.3, 0.4) is 0 Å². The molecule has 1 fully saturated rings. The van der Waals surface area contributed by atoms with Crippen molar-refractivity contribution in [2.75, 3.05) is 22.6 Å². The van der Waals surface area contributed by atoms with Gasteiger partial charge in [-0.05, 0) is 50.1 Å². The summed E-state index contributed by atoms with van der Waals surface area (Å²) in [5.41, 5.74) is -0.962. The van der Waals surface area contributed by atoms with Crippen molar-refractivity contribution in [1.82, 2.24) is 0 Å². The molecule has 3 amide bonds. The van der Waals surface area contributed by atoms with E-state index in [1.54, 1.807) is 13.8 Å². The monoisotopic (exact) mass is 547 g/mol. The van der Waals surface area contributed by atoms with Crippen molar-refractivity contribution < 1.29 is 27.9 Å². The van der Waals surface area contributed by atoms with Crippen LogP contribution in [0.25, 0.3) is 0 Å². The largest absolute Gasteiger partial charge is 0.369 e. The molecule has 3 N–H and O–H groups in total. The first kappa shape index (κ1) is 27.1. The Morgan fingerprint density at radius 2 is 1.80 bits per heavy atom. The van der Waals surface area contributed by atoms with Gasteiger partial charge in [-0.1, -0.05) is 18.5 Å². The summed E-state index contributed by atoms with van der Waals surface area (Å²) in [4.78, 5) is 37.4. The summed E-state index contributed by atoms with van der Waals surface area (Å²) in [6.45, 7) is 3.62. The van der Waals surface area contributed by atoms with Crippen molar-refractivity contribution in [3.8, 4) is 0 Å². The number of carbonyl (C=O) groups excluding carboxylic acids is 3. The van der Waals surface area contributed by atoms with Crippen LogP contribution in [-0.2, 0) is 14.3 Å². The molecule has 12 heteroatoms. The van der Waals surface area contributed by atoms with E-state index in [1.807, 2.05) is 0 Å². The summed E-state index contributed by atoms with van der Waals surface area (Å²) < 4.78 is 33.4. The van der Waals surface area contributed by atoms with E-state index in [-0.39, 0.29) is 22.9 Å². The van der Waals surface area contributed by atoms with Crippen molar-refractivity contribution in [2.24, 2.45) is 5.92 Å². The van der Waals surface area contributed by atoms with E-state index in [9.17, 15) is 18.8 Å². The van der Waals surface area contributed by atoms with Crippen LogP contribution in [0.5, 0.6) is 0 Å². The summed E-state index contributed by atoms with van der Waals surface area (Å²) in [5.74, 6) is -4.78.